The van der Waals surface area contributed by atoms with E-state index in [-0.39, 0.29) is 30.0 Å². The third kappa shape index (κ3) is 4.87. The van der Waals surface area contributed by atoms with E-state index in [0.29, 0.717) is 37.8 Å². The van der Waals surface area contributed by atoms with Crippen molar-refractivity contribution in [2.45, 2.75) is 17.7 Å². The molecule has 4 rings (SSSR count). The predicted molar refractivity (Wildman–Crippen MR) is 113 cm³/mol. The fourth-order valence-corrected chi connectivity index (χ4v) is 4.33. The van der Waals surface area contributed by atoms with Gasteiger partial charge in [-0.25, -0.2) is 4.39 Å². The van der Waals surface area contributed by atoms with Gasteiger partial charge in [0.1, 0.15) is 19.0 Å². The first-order valence-electron chi connectivity index (χ1n) is 9.96. The zero-order chi connectivity index (χ0) is 20.9. The van der Waals surface area contributed by atoms with Gasteiger partial charge in [-0.3, -0.25) is 9.59 Å². The Balaban J connectivity index is 1.23. The highest BCUT2D eigenvalue weighted by Gasteiger charge is 2.35. The Morgan fingerprint density at radius 1 is 1.13 bits per heavy atom. The van der Waals surface area contributed by atoms with E-state index in [2.05, 4.69) is 5.32 Å². The number of thioether (sulfide) groups is 1. The zero-order valence-corrected chi connectivity index (χ0v) is 17.3. The van der Waals surface area contributed by atoms with Crippen molar-refractivity contribution in [2.24, 2.45) is 5.92 Å². The normalized spacial score (nSPS) is 17.8. The second kappa shape index (κ2) is 9.38. The summed E-state index contributed by atoms with van der Waals surface area (Å²) in [4.78, 5) is 27.6. The number of halogens is 1. The third-order valence-corrected chi connectivity index (χ3v) is 6.13. The van der Waals surface area contributed by atoms with Crippen LogP contribution in [0.2, 0.25) is 0 Å². The van der Waals surface area contributed by atoms with Crippen LogP contribution in [0.5, 0.6) is 11.5 Å². The Labute approximate surface area is 178 Å². The molecule has 2 aliphatic heterocycles. The van der Waals surface area contributed by atoms with Crippen LogP contribution in [0, 0.1) is 11.7 Å². The number of amides is 2. The van der Waals surface area contributed by atoms with Gasteiger partial charge in [0, 0.05) is 36.2 Å². The van der Waals surface area contributed by atoms with E-state index in [9.17, 15) is 14.0 Å². The summed E-state index contributed by atoms with van der Waals surface area (Å²) in [5.74, 6) is 1.33. The minimum absolute atomic E-state index is 0.0707. The van der Waals surface area contributed by atoms with Crippen LogP contribution >= 0.6 is 11.8 Å². The average molecular weight is 431 g/mol. The molecule has 8 heteroatoms. The first-order chi connectivity index (χ1) is 14.6. The minimum atomic E-state index is -0.365. The fourth-order valence-electron chi connectivity index (χ4n) is 3.48. The van der Waals surface area contributed by atoms with Gasteiger partial charge < -0.3 is 19.7 Å². The van der Waals surface area contributed by atoms with Gasteiger partial charge in [0.2, 0.25) is 11.8 Å². The minimum Gasteiger partial charge on any atom is -0.486 e. The van der Waals surface area contributed by atoms with Gasteiger partial charge in [-0.15, -0.1) is 11.8 Å². The molecule has 6 nitrogen and oxygen atoms in total. The molecule has 0 radical (unpaired) electrons. The van der Waals surface area contributed by atoms with Crippen LogP contribution in [0.3, 0.4) is 0 Å². The van der Waals surface area contributed by atoms with E-state index in [0.717, 1.165) is 22.8 Å². The maximum absolute atomic E-state index is 12.9. The van der Waals surface area contributed by atoms with Crippen molar-refractivity contribution in [1.29, 1.82) is 0 Å². The number of nitrogens with one attached hydrogen (secondary N) is 1. The Bertz CT molecular complexity index is 922. The lowest BCUT2D eigenvalue weighted by atomic mass is 10.1. The molecule has 2 amide bonds. The summed E-state index contributed by atoms with van der Waals surface area (Å²) in [5, 5.41) is 2.93. The number of benzene rings is 2. The lowest BCUT2D eigenvalue weighted by Gasteiger charge is -2.22. The summed E-state index contributed by atoms with van der Waals surface area (Å²) in [5.41, 5.74) is 0.718. The second-order valence-electron chi connectivity index (χ2n) is 7.18. The molecule has 30 heavy (non-hydrogen) atoms. The van der Waals surface area contributed by atoms with Crippen molar-refractivity contribution in [3.63, 3.8) is 0 Å². The summed E-state index contributed by atoms with van der Waals surface area (Å²) >= 11 is 1.62. The van der Waals surface area contributed by atoms with Gasteiger partial charge in [-0.05, 0) is 48.6 Å². The quantitative estimate of drug-likeness (QED) is 0.540. The fraction of sp³-hybridized carbons (Fsp3) is 0.364. The molecule has 2 aromatic rings. The number of rotatable bonds is 7. The third-order valence-electron chi connectivity index (χ3n) is 5.04. The Kier molecular flexibility index (Phi) is 6.42. The highest BCUT2D eigenvalue weighted by molar-refractivity contribution is 7.99. The maximum atomic E-state index is 12.9. The van der Waals surface area contributed by atoms with Gasteiger partial charge in [0.25, 0.3) is 0 Å². The molecule has 1 saturated heterocycles. The number of fused-ring (bicyclic) bond motifs is 1. The molecular weight excluding hydrogens is 407 g/mol. The largest absolute Gasteiger partial charge is 0.486 e. The van der Waals surface area contributed by atoms with Gasteiger partial charge in [0.05, 0.1) is 5.92 Å². The molecule has 0 spiro atoms. The molecule has 2 heterocycles. The molecule has 0 aromatic heterocycles. The topological polar surface area (TPSA) is 67.9 Å². The predicted octanol–water partition coefficient (Wildman–Crippen LogP) is 3.25. The van der Waals surface area contributed by atoms with E-state index in [4.69, 9.17) is 9.47 Å². The highest BCUT2D eigenvalue weighted by atomic mass is 32.2. The number of anilines is 1. The highest BCUT2D eigenvalue weighted by Crippen LogP contribution is 2.36. The molecule has 1 atom stereocenters. The van der Waals surface area contributed by atoms with Crippen LogP contribution in [-0.2, 0) is 9.59 Å². The number of hydrogen-bond acceptors (Lipinski definition) is 5. The van der Waals surface area contributed by atoms with E-state index in [1.807, 2.05) is 6.07 Å². The maximum Gasteiger partial charge on any atom is 0.227 e. The zero-order valence-electron chi connectivity index (χ0n) is 16.4. The molecule has 1 fully saturated rings. The van der Waals surface area contributed by atoms with Crippen LogP contribution in [0.1, 0.15) is 12.8 Å². The van der Waals surface area contributed by atoms with E-state index in [1.165, 1.54) is 12.1 Å². The summed E-state index contributed by atoms with van der Waals surface area (Å²) < 4.78 is 24.0. The smallest absolute Gasteiger partial charge is 0.227 e. The van der Waals surface area contributed by atoms with Crippen molar-refractivity contribution in [3.8, 4) is 11.5 Å². The Morgan fingerprint density at radius 3 is 2.70 bits per heavy atom. The molecule has 1 N–H and O–H groups in total. The molecule has 0 aliphatic carbocycles. The number of carbonyl (C=O) groups is 2. The molecule has 2 aromatic carbocycles. The van der Waals surface area contributed by atoms with E-state index < -0.39 is 0 Å². The van der Waals surface area contributed by atoms with Crippen LogP contribution < -0.4 is 19.7 Å². The van der Waals surface area contributed by atoms with Crippen LogP contribution in [-0.4, -0.2) is 43.9 Å². The van der Waals surface area contributed by atoms with Crippen LogP contribution in [0.4, 0.5) is 10.1 Å². The molecule has 0 unspecified atom stereocenters. The van der Waals surface area contributed by atoms with Crippen LogP contribution in [0.15, 0.2) is 47.4 Å². The SMILES string of the molecule is O=C(NCCCSc1ccc(F)cc1)[C@H]1CC(=O)N(c2ccc3c(c2)OCCO3)C1. The number of carbonyl (C=O) groups excluding carboxylic acids is 2. The lowest BCUT2D eigenvalue weighted by Crippen LogP contribution is -2.33. The summed E-state index contributed by atoms with van der Waals surface area (Å²) in [6, 6.07) is 11.8. The van der Waals surface area contributed by atoms with E-state index >= 15 is 0 Å². The number of nitrogens with zero attached hydrogens (tertiary/aromatic N) is 1. The summed E-state index contributed by atoms with van der Waals surface area (Å²) in [7, 11) is 0. The number of hydrogen-bond donors (Lipinski definition) is 1. The second-order valence-corrected chi connectivity index (χ2v) is 8.35. The van der Waals surface area contributed by atoms with Crippen molar-refractivity contribution in [3.05, 3.63) is 48.3 Å². The van der Waals surface area contributed by atoms with Gasteiger partial charge >= 0.3 is 0 Å². The van der Waals surface area contributed by atoms with Crippen molar-refractivity contribution < 1.29 is 23.5 Å². The van der Waals surface area contributed by atoms with Crippen LogP contribution in [0.25, 0.3) is 0 Å². The molecular formula is C22H23FN2O4S. The lowest BCUT2D eigenvalue weighted by molar-refractivity contribution is -0.126. The Hall–Kier alpha value is -2.74. The first kappa shape index (κ1) is 20.5. The van der Waals surface area contributed by atoms with Crippen molar-refractivity contribution in [1.82, 2.24) is 5.32 Å². The van der Waals surface area contributed by atoms with Gasteiger partial charge in [-0.1, -0.05) is 0 Å². The Morgan fingerprint density at radius 2 is 1.90 bits per heavy atom. The molecule has 0 saturated carbocycles. The monoisotopic (exact) mass is 430 g/mol. The molecule has 158 valence electrons. The van der Waals surface area contributed by atoms with Crippen molar-refractivity contribution >= 4 is 29.3 Å². The standard InChI is InChI=1S/C22H23FN2O4S/c23-16-2-5-18(6-3-16)30-11-1-8-24-22(27)15-12-21(26)25(14-15)17-4-7-19-20(13-17)29-10-9-28-19/h2-7,13,15H,1,8-12,14H2,(H,24,27)/t15-/m0/s1. The molecule has 0 bridgehead atoms. The van der Waals surface area contributed by atoms with E-state index in [1.54, 1.807) is 40.9 Å². The van der Waals surface area contributed by atoms with Gasteiger partial charge in [-0.2, -0.15) is 0 Å². The molecule has 2 aliphatic rings. The van der Waals surface area contributed by atoms with Crippen molar-refractivity contribution in [2.75, 3.05) is 37.0 Å². The number of ether oxygens (including phenoxy) is 2. The summed E-state index contributed by atoms with van der Waals surface area (Å²) in [6.45, 7) is 1.89. The summed E-state index contributed by atoms with van der Waals surface area (Å²) in [6.07, 6.45) is 0.991. The first-order valence-corrected chi connectivity index (χ1v) is 10.9. The van der Waals surface area contributed by atoms with Gasteiger partial charge in [0.15, 0.2) is 11.5 Å². The average Bonchev–Trinajstić information content (AvgIpc) is 3.16.